The zero-order chi connectivity index (χ0) is 11.8. The molecule has 1 rings (SSSR count). The lowest BCUT2D eigenvalue weighted by Gasteiger charge is -2.18. The lowest BCUT2D eigenvalue weighted by atomic mass is 10.00. The molecule has 0 saturated heterocycles. The minimum absolute atomic E-state index is 0.290. The van der Waals surface area contributed by atoms with E-state index in [1.165, 1.54) is 12.8 Å². The molecule has 2 unspecified atom stereocenters. The van der Waals surface area contributed by atoms with E-state index in [4.69, 9.17) is 5.11 Å². The number of aromatic nitrogens is 1. The molecule has 0 aliphatic rings. The average molecular weight is 242 g/mol. The molecule has 0 amide bonds. The van der Waals surface area contributed by atoms with Crippen molar-refractivity contribution in [2.45, 2.75) is 39.2 Å². The molecule has 2 atom stereocenters. The molecule has 0 aliphatic heterocycles. The topological polar surface area (TPSA) is 45.1 Å². The van der Waals surface area contributed by atoms with Gasteiger partial charge in [0.15, 0.2) is 0 Å². The SMILES string of the molecule is CCCC(CCO)CNC(C)c1nccs1. The molecule has 0 bridgehead atoms. The molecule has 16 heavy (non-hydrogen) atoms. The average Bonchev–Trinajstić information content (AvgIpc) is 2.79. The molecule has 1 aromatic heterocycles. The van der Waals surface area contributed by atoms with Crippen LogP contribution in [0.2, 0.25) is 0 Å². The van der Waals surface area contributed by atoms with Crippen molar-refractivity contribution in [1.29, 1.82) is 0 Å². The number of rotatable bonds is 8. The zero-order valence-electron chi connectivity index (χ0n) is 10.1. The third-order valence-corrected chi connectivity index (χ3v) is 3.73. The molecular weight excluding hydrogens is 220 g/mol. The van der Waals surface area contributed by atoms with Crippen molar-refractivity contribution in [3.8, 4) is 0 Å². The van der Waals surface area contributed by atoms with Gasteiger partial charge in [0.05, 0.1) is 6.04 Å². The normalized spacial score (nSPS) is 14.9. The quantitative estimate of drug-likeness (QED) is 0.736. The number of hydrogen-bond donors (Lipinski definition) is 2. The second-order valence-corrected chi connectivity index (χ2v) is 5.09. The Balaban J connectivity index is 2.30. The highest BCUT2D eigenvalue weighted by atomic mass is 32.1. The summed E-state index contributed by atoms with van der Waals surface area (Å²) in [7, 11) is 0. The van der Waals surface area contributed by atoms with Crippen LogP contribution in [0.15, 0.2) is 11.6 Å². The summed E-state index contributed by atoms with van der Waals surface area (Å²) in [5.74, 6) is 0.581. The van der Waals surface area contributed by atoms with E-state index in [-0.39, 0.29) is 6.61 Å². The Morgan fingerprint density at radius 2 is 2.31 bits per heavy atom. The number of nitrogens with zero attached hydrogens (tertiary/aromatic N) is 1. The highest BCUT2D eigenvalue weighted by Crippen LogP contribution is 2.16. The van der Waals surface area contributed by atoms with E-state index >= 15 is 0 Å². The summed E-state index contributed by atoms with van der Waals surface area (Å²) in [4.78, 5) is 4.29. The number of thiazole rings is 1. The summed E-state index contributed by atoms with van der Waals surface area (Å²) in [5, 5.41) is 15.6. The molecule has 0 saturated carbocycles. The van der Waals surface area contributed by atoms with Gasteiger partial charge in [0.1, 0.15) is 5.01 Å². The third-order valence-electron chi connectivity index (χ3n) is 2.77. The predicted molar refractivity (Wildman–Crippen MR) is 68.6 cm³/mol. The highest BCUT2D eigenvalue weighted by molar-refractivity contribution is 7.09. The van der Waals surface area contributed by atoms with Crippen molar-refractivity contribution in [3.63, 3.8) is 0 Å². The number of hydrogen-bond acceptors (Lipinski definition) is 4. The Labute approximate surface area is 102 Å². The van der Waals surface area contributed by atoms with E-state index in [0.29, 0.717) is 12.0 Å². The third kappa shape index (κ3) is 4.60. The van der Waals surface area contributed by atoms with Gasteiger partial charge in [-0.2, -0.15) is 0 Å². The van der Waals surface area contributed by atoms with Crippen LogP contribution in [-0.4, -0.2) is 23.2 Å². The summed E-state index contributed by atoms with van der Waals surface area (Å²) in [6, 6.07) is 0.318. The van der Waals surface area contributed by atoms with Crippen LogP contribution in [0.1, 0.15) is 44.2 Å². The van der Waals surface area contributed by atoms with E-state index in [1.54, 1.807) is 11.3 Å². The summed E-state index contributed by atoms with van der Waals surface area (Å²) >= 11 is 1.69. The van der Waals surface area contributed by atoms with Crippen molar-refractivity contribution in [2.24, 2.45) is 5.92 Å². The Kier molecular flexibility index (Phi) is 6.61. The molecule has 0 spiro atoms. The first-order valence-electron chi connectivity index (χ1n) is 6.01. The van der Waals surface area contributed by atoms with Gasteiger partial charge in [0.2, 0.25) is 0 Å². The Morgan fingerprint density at radius 1 is 1.50 bits per heavy atom. The largest absolute Gasteiger partial charge is 0.396 e. The molecule has 0 aliphatic carbocycles. The maximum atomic E-state index is 8.97. The van der Waals surface area contributed by atoms with Gasteiger partial charge >= 0.3 is 0 Å². The second-order valence-electron chi connectivity index (χ2n) is 4.17. The van der Waals surface area contributed by atoms with Gasteiger partial charge in [-0.05, 0) is 32.2 Å². The zero-order valence-corrected chi connectivity index (χ0v) is 11.0. The minimum Gasteiger partial charge on any atom is -0.396 e. The maximum Gasteiger partial charge on any atom is 0.109 e. The van der Waals surface area contributed by atoms with Crippen LogP contribution in [0.4, 0.5) is 0 Å². The van der Waals surface area contributed by atoms with Gasteiger partial charge in [0.25, 0.3) is 0 Å². The molecule has 4 heteroatoms. The van der Waals surface area contributed by atoms with Gasteiger partial charge < -0.3 is 10.4 Å². The van der Waals surface area contributed by atoms with Crippen molar-refractivity contribution in [3.05, 3.63) is 16.6 Å². The van der Waals surface area contributed by atoms with Crippen LogP contribution in [0, 0.1) is 5.92 Å². The Morgan fingerprint density at radius 3 is 2.88 bits per heavy atom. The molecule has 3 nitrogen and oxygen atoms in total. The van der Waals surface area contributed by atoms with Crippen LogP contribution in [0.25, 0.3) is 0 Å². The molecule has 0 radical (unpaired) electrons. The molecule has 0 aromatic carbocycles. The highest BCUT2D eigenvalue weighted by Gasteiger charge is 2.11. The Hall–Kier alpha value is -0.450. The molecule has 1 heterocycles. The van der Waals surface area contributed by atoms with Gasteiger partial charge in [-0.3, -0.25) is 0 Å². The van der Waals surface area contributed by atoms with Gasteiger partial charge in [-0.25, -0.2) is 4.98 Å². The van der Waals surface area contributed by atoms with E-state index < -0.39 is 0 Å². The van der Waals surface area contributed by atoms with Crippen LogP contribution in [0.3, 0.4) is 0 Å². The first-order chi connectivity index (χ1) is 7.77. The summed E-state index contributed by atoms with van der Waals surface area (Å²) in [5.41, 5.74) is 0. The lowest BCUT2D eigenvalue weighted by Crippen LogP contribution is -2.26. The molecular formula is C12H22N2OS. The monoisotopic (exact) mass is 242 g/mol. The van der Waals surface area contributed by atoms with Gasteiger partial charge in [-0.15, -0.1) is 11.3 Å². The number of nitrogens with one attached hydrogen (secondary N) is 1. The van der Waals surface area contributed by atoms with E-state index in [1.807, 2.05) is 11.6 Å². The van der Waals surface area contributed by atoms with Crippen LogP contribution in [0.5, 0.6) is 0 Å². The summed E-state index contributed by atoms with van der Waals surface area (Å²) in [6.45, 7) is 5.59. The number of aliphatic hydroxyl groups is 1. The first-order valence-corrected chi connectivity index (χ1v) is 6.89. The summed E-state index contributed by atoms with van der Waals surface area (Å²) in [6.07, 6.45) is 5.09. The standard InChI is InChI=1S/C12H22N2OS/c1-3-4-11(5-7-15)9-14-10(2)12-13-6-8-16-12/h6,8,10-11,14-15H,3-5,7,9H2,1-2H3. The molecule has 0 fully saturated rings. The van der Waals surface area contributed by atoms with Crippen molar-refractivity contribution in [2.75, 3.05) is 13.2 Å². The summed E-state index contributed by atoms with van der Waals surface area (Å²) < 4.78 is 0. The fourth-order valence-corrected chi connectivity index (χ4v) is 2.49. The fraction of sp³-hybridized carbons (Fsp3) is 0.750. The predicted octanol–water partition coefficient (Wildman–Crippen LogP) is 2.59. The first kappa shape index (κ1) is 13.6. The van der Waals surface area contributed by atoms with Crippen LogP contribution < -0.4 is 5.32 Å². The molecule has 1 aromatic rings. The van der Waals surface area contributed by atoms with E-state index in [0.717, 1.165) is 18.0 Å². The number of aliphatic hydroxyl groups excluding tert-OH is 1. The van der Waals surface area contributed by atoms with Crippen LogP contribution >= 0.6 is 11.3 Å². The smallest absolute Gasteiger partial charge is 0.109 e. The lowest BCUT2D eigenvalue weighted by molar-refractivity contribution is 0.246. The van der Waals surface area contributed by atoms with Crippen molar-refractivity contribution >= 4 is 11.3 Å². The van der Waals surface area contributed by atoms with Crippen LogP contribution in [-0.2, 0) is 0 Å². The van der Waals surface area contributed by atoms with Crippen molar-refractivity contribution in [1.82, 2.24) is 10.3 Å². The molecule has 2 N–H and O–H groups in total. The Bertz CT molecular complexity index is 258. The minimum atomic E-state index is 0.290. The second kappa shape index (κ2) is 7.76. The maximum absolute atomic E-state index is 8.97. The van der Waals surface area contributed by atoms with Gasteiger partial charge in [-0.1, -0.05) is 13.3 Å². The molecule has 92 valence electrons. The van der Waals surface area contributed by atoms with E-state index in [9.17, 15) is 0 Å². The van der Waals surface area contributed by atoms with Gasteiger partial charge in [0, 0.05) is 18.2 Å². The van der Waals surface area contributed by atoms with E-state index in [2.05, 4.69) is 24.1 Å². The van der Waals surface area contributed by atoms with Crippen molar-refractivity contribution < 1.29 is 5.11 Å². The fourth-order valence-electron chi connectivity index (χ4n) is 1.82.